The quantitative estimate of drug-likeness (QED) is 0.331. The van der Waals surface area contributed by atoms with E-state index in [1.807, 2.05) is 13.8 Å². The summed E-state index contributed by atoms with van der Waals surface area (Å²) in [5, 5.41) is 3.54. The first-order valence-corrected chi connectivity index (χ1v) is 16.2. The lowest BCUT2D eigenvalue weighted by molar-refractivity contribution is 0.186. The first-order valence-electron chi connectivity index (χ1n) is 16.2. The summed E-state index contributed by atoms with van der Waals surface area (Å²) in [7, 11) is 2.13. The van der Waals surface area contributed by atoms with E-state index in [2.05, 4.69) is 173 Å². The molecule has 0 aromatic heterocycles. The van der Waals surface area contributed by atoms with Crippen LogP contribution in [0.5, 0.6) is 0 Å². The van der Waals surface area contributed by atoms with E-state index in [9.17, 15) is 0 Å². The van der Waals surface area contributed by atoms with Gasteiger partial charge in [-0.1, -0.05) is 138 Å². The van der Waals surface area contributed by atoms with Gasteiger partial charge in [0.1, 0.15) is 0 Å². The van der Waals surface area contributed by atoms with Crippen LogP contribution in [-0.4, -0.2) is 18.5 Å². The van der Waals surface area contributed by atoms with Gasteiger partial charge in [-0.15, -0.1) is 0 Å². The molecular weight excluding hydrogens is 520 g/mol. The Morgan fingerprint density at radius 2 is 1.70 bits per heavy atom. The lowest BCUT2D eigenvalue weighted by Gasteiger charge is -2.43. The molecule has 0 saturated carbocycles. The summed E-state index contributed by atoms with van der Waals surface area (Å²) in [6, 6.07) is 19.5. The number of nitrogens with one attached hydrogen (secondary N) is 1. The molecule has 0 fully saturated rings. The van der Waals surface area contributed by atoms with Crippen molar-refractivity contribution in [1.29, 1.82) is 0 Å². The maximum absolute atomic E-state index is 3.54. The van der Waals surface area contributed by atoms with Gasteiger partial charge < -0.3 is 10.2 Å². The molecule has 4 unspecified atom stereocenters. The molecule has 0 spiro atoms. The van der Waals surface area contributed by atoms with Crippen molar-refractivity contribution in [3.8, 4) is 0 Å². The molecule has 2 nitrogen and oxygen atoms in total. The van der Waals surface area contributed by atoms with Crippen LogP contribution in [-0.2, 0) is 0 Å². The molecule has 0 radical (unpaired) electrons. The normalized spacial score (nSPS) is 21.2. The zero-order valence-electron chi connectivity index (χ0n) is 27.8. The van der Waals surface area contributed by atoms with Crippen molar-refractivity contribution >= 4 is 5.57 Å². The van der Waals surface area contributed by atoms with Gasteiger partial charge in [-0.3, -0.25) is 0 Å². The molecule has 0 amide bonds. The number of likely N-dealkylation sites (N-methyl/N-ethyl adjacent to an activating group) is 1. The summed E-state index contributed by atoms with van der Waals surface area (Å²) < 4.78 is 0. The summed E-state index contributed by atoms with van der Waals surface area (Å²) in [5.74, 6) is 1.20. The van der Waals surface area contributed by atoms with Crippen molar-refractivity contribution in [2.24, 2.45) is 17.3 Å². The second-order valence-electron chi connectivity index (χ2n) is 11.7. The molecule has 2 heteroatoms. The first-order chi connectivity index (χ1) is 20.9. The van der Waals surface area contributed by atoms with E-state index in [-0.39, 0.29) is 5.41 Å². The van der Waals surface area contributed by atoms with Crippen LogP contribution in [0.25, 0.3) is 5.57 Å². The monoisotopic (exact) mass is 574 g/mol. The van der Waals surface area contributed by atoms with E-state index in [0.29, 0.717) is 17.9 Å². The average Bonchev–Trinajstić information content (AvgIpc) is 3.07. The zero-order valence-corrected chi connectivity index (χ0v) is 27.8. The third-order valence-electron chi connectivity index (χ3n) is 9.11. The van der Waals surface area contributed by atoms with Gasteiger partial charge in [0.05, 0.1) is 6.04 Å². The van der Waals surface area contributed by atoms with Crippen molar-refractivity contribution in [3.05, 3.63) is 150 Å². The van der Waals surface area contributed by atoms with Crippen LogP contribution in [0.15, 0.2) is 133 Å². The summed E-state index contributed by atoms with van der Waals surface area (Å²) >= 11 is 0. The Morgan fingerprint density at radius 1 is 1.00 bits per heavy atom. The highest BCUT2D eigenvalue weighted by atomic mass is 15.1. The topological polar surface area (TPSA) is 15.3 Å². The Kier molecular flexibility index (Phi) is 13.1. The number of nitrogens with zero attached hydrogens (tertiary/aromatic N) is 1. The average molecular weight is 575 g/mol. The van der Waals surface area contributed by atoms with Gasteiger partial charge in [0.2, 0.25) is 0 Å². The fourth-order valence-electron chi connectivity index (χ4n) is 6.26. The number of hydrogen-bond donors (Lipinski definition) is 1. The Balaban J connectivity index is 0.000000223. The van der Waals surface area contributed by atoms with Gasteiger partial charge in [0.15, 0.2) is 0 Å². The summed E-state index contributed by atoms with van der Waals surface area (Å²) in [4.78, 5) is 2.26. The number of dihydropyridines is 1. The number of benzene rings is 2. The largest absolute Gasteiger partial charge is 0.381 e. The third kappa shape index (κ3) is 8.41. The van der Waals surface area contributed by atoms with Crippen LogP contribution in [0.4, 0.5) is 0 Å². The highest BCUT2D eigenvalue weighted by molar-refractivity contribution is 5.75. The molecule has 43 heavy (non-hydrogen) atoms. The van der Waals surface area contributed by atoms with Gasteiger partial charge in [-0.05, 0) is 83.6 Å². The lowest BCUT2D eigenvalue weighted by Crippen LogP contribution is -2.36. The minimum Gasteiger partial charge on any atom is -0.381 e. The van der Waals surface area contributed by atoms with E-state index in [4.69, 9.17) is 0 Å². The van der Waals surface area contributed by atoms with E-state index in [1.54, 1.807) is 0 Å². The second kappa shape index (κ2) is 16.8. The van der Waals surface area contributed by atoms with E-state index < -0.39 is 0 Å². The third-order valence-corrected chi connectivity index (χ3v) is 9.11. The predicted molar refractivity (Wildman–Crippen MR) is 190 cm³/mol. The summed E-state index contributed by atoms with van der Waals surface area (Å²) in [6.07, 6.45) is 27.1. The smallest absolute Gasteiger partial charge is 0.0729 e. The Labute approximate surface area is 263 Å². The number of hydrogen-bond acceptors (Lipinski definition) is 2. The van der Waals surface area contributed by atoms with Crippen molar-refractivity contribution in [3.63, 3.8) is 0 Å². The van der Waals surface area contributed by atoms with Gasteiger partial charge >= 0.3 is 0 Å². The van der Waals surface area contributed by atoms with Crippen molar-refractivity contribution in [2.45, 2.75) is 67.3 Å². The Bertz CT molecular complexity index is 1370. The van der Waals surface area contributed by atoms with Crippen molar-refractivity contribution in [2.75, 3.05) is 13.6 Å². The second-order valence-corrected chi connectivity index (χ2v) is 11.7. The molecule has 2 aromatic rings. The highest BCUT2D eigenvalue weighted by Crippen LogP contribution is 2.47. The summed E-state index contributed by atoms with van der Waals surface area (Å²) in [5.41, 5.74) is 8.22. The molecule has 1 N–H and O–H groups in total. The van der Waals surface area contributed by atoms with Crippen molar-refractivity contribution < 1.29 is 0 Å². The number of allylic oxidation sites excluding steroid dienone is 10. The maximum Gasteiger partial charge on any atom is 0.0729 e. The van der Waals surface area contributed by atoms with Crippen LogP contribution in [0.1, 0.15) is 77.1 Å². The number of aryl methyl sites for hydroxylation is 1. The van der Waals surface area contributed by atoms with Gasteiger partial charge in [-0.25, -0.2) is 0 Å². The Hall–Kier alpha value is -3.78. The molecule has 5 rings (SSSR count). The van der Waals surface area contributed by atoms with Gasteiger partial charge in [-0.2, -0.15) is 0 Å². The van der Waals surface area contributed by atoms with Crippen LogP contribution in [0.2, 0.25) is 0 Å². The van der Waals surface area contributed by atoms with E-state index >= 15 is 0 Å². The van der Waals surface area contributed by atoms with Crippen LogP contribution in [0.3, 0.4) is 0 Å². The first kappa shape index (κ1) is 33.7. The molecular formula is C41H54N2. The van der Waals surface area contributed by atoms with Crippen LogP contribution < -0.4 is 5.32 Å². The highest BCUT2D eigenvalue weighted by Gasteiger charge is 2.39. The van der Waals surface area contributed by atoms with E-state index in [0.717, 1.165) is 13.0 Å². The molecule has 0 saturated heterocycles. The zero-order chi connectivity index (χ0) is 31.2. The SMILES string of the molecule is CC.CC=CC(C)(C(C)CC)C1CC=CC=C1C1=CC=CCN1.Cc1ccccc1C1C=C(c2ccccc2)C=CN1C. The lowest BCUT2D eigenvalue weighted by atomic mass is 9.62. The molecule has 2 heterocycles. The minimum atomic E-state index is 0.198. The van der Waals surface area contributed by atoms with Crippen LogP contribution in [0, 0.1) is 24.2 Å². The fraction of sp³-hybridized carbons (Fsp3) is 0.366. The fourth-order valence-corrected chi connectivity index (χ4v) is 6.26. The van der Waals surface area contributed by atoms with Crippen LogP contribution >= 0.6 is 0 Å². The Morgan fingerprint density at radius 3 is 2.35 bits per heavy atom. The van der Waals surface area contributed by atoms with Gasteiger partial charge in [0.25, 0.3) is 0 Å². The van der Waals surface area contributed by atoms with Crippen molar-refractivity contribution in [1.82, 2.24) is 10.2 Å². The molecule has 2 aromatic carbocycles. The van der Waals surface area contributed by atoms with Gasteiger partial charge in [0, 0.05) is 25.5 Å². The molecule has 3 aliphatic rings. The minimum absolute atomic E-state index is 0.198. The molecule has 2 aliphatic heterocycles. The maximum atomic E-state index is 3.54. The molecule has 228 valence electrons. The molecule has 0 bridgehead atoms. The molecule has 1 aliphatic carbocycles. The summed E-state index contributed by atoms with van der Waals surface area (Å²) in [6.45, 7) is 16.4. The van der Waals surface area contributed by atoms with E-state index in [1.165, 1.54) is 40.0 Å². The predicted octanol–water partition coefficient (Wildman–Crippen LogP) is 10.8. The number of rotatable bonds is 7. The standard InChI is InChI=1S/C20H29N.C19H19N.C2H6/c1-5-14-20(4,16(3)6-2)18-12-8-7-11-17(18)19-13-9-10-15-21-19;1-15-8-6-7-11-18(15)19-14-17(12-13-20(19)2)16-9-4-3-5-10-16;1-2/h5,7-11,13-14,16,18,21H,6,12,15H2,1-4H3;3-14,19H,1-2H3;1-2H3. The molecule has 4 atom stereocenters.